The lowest BCUT2D eigenvalue weighted by Crippen LogP contribution is -2.27. The first-order valence-corrected chi connectivity index (χ1v) is 6.90. The van der Waals surface area contributed by atoms with Gasteiger partial charge in [-0.1, -0.05) is 23.2 Å². The van der Waals surface area contributed by atoms with Crippen LogP contribution in [0.5, 0.6) is 11.5 Å². The minimum absolute atomic E-state index is 0.0364. The summed E-state index contributed by atoms with van der Waals surface area (Å²) in [7, 11) is 2.93. The minimum atomic E-state index is -0.635. The molecule has 0 saturated carbocycles. The number of carbonyl (C=O) groups excluding carboxylic acids is 1. The van der Waals surface area contributed by atoms with E-state index in [0.717, 1.165) is 4.68 Å². The Labute approximate surface area is 136 Å². The molecule has 116 valence electrons. The van der Waals surface area contributed by atoms with Crippen LogP contribution in [-0.2, 0) is 6.54 Å². The molecular formula is C14H12Cl2N2O4. The van der Waals surface area contributed by atoms with E-state index in [0.29, 0.717) is 11.5 Å². The van der Waals surface area contributed by atoms with Crippen LogP contribution in [0.1, 0.15) is 10.4 Å². The van der Waals surface area contributed by atoms with E-state index < -0.39 is 5.56 Å². The molecule has 2 aromatic rings. The number of aromatic nitrogens is 2. The zero-order valence-electron chi connectivity index (χ0n) is 11.8. The van der Waals surface area contributed by atoms with Crippen LogP contribution in [0.25, 0.3) is 0 Å². The Kier molecular flexibility index (Phi) is 5.05. The van der Waals surface area contributed by atoms with Crippen LogP contribution in [-0.4, -0.2) is 29.8 Å². The van der Waals surface area contributed by atoms with Gasteiger partial charge in [0.25, 0.3) is 5.56 Å². The van der Waals surface area contributed by atoms with Gasteiger partial charge in [0.15, 0.2) is 5.78 Å². The molecule has 1 heterocycles. The molecule has 0 spiro atoms. The van der Waals surface area contributed by atoms with Gasteiger partial charge in [0.05, 0.1) is 31.0 Å². The molecule has 2 rings (SSSR count). The first-order valence-electron chi connectivity index (χ1n) is 6.14. The van der Waals surface area contributed by atoms with E-state index in [-0.39, 0.29) is 27.9 Å². The van der Waals surface area contributed by atoms with Crippen molar-refractivity contribution in [3.63, 3.8) is 0 Å². The van der Waals surface area contributed by atoms with Crippen molar-refractivity contribution < 1.29 is 14.3 Å². The Morgan fingerprint density at radius 1 is 1.27 bits per heavy atom. The molecule has 1 aromatic heterocycles. The van der Waals surface area contributed by atoms with Crippen molar-refractivity contribution in [2.24, 2.45) is 0 Å². The van der Waals surface area contributed by atoms with E-state index in [1.165, 1.54) is 26.5 Å². The molecule has 0 radical (unpaired) electrons. The number of benzene rings is 1. The number of ether oxygens (including phenoxy) is 2. The van der Waals surface area contributed by atoms with Crippen molar-refractivity contribution in [2.75, 3.05) is 14.2 Å². The third kappa shape index (κ3) is 3.23. The molecule has 0 fully saturated rings. The summed E-state index contributed by atoms with van der Waals surface area (Å²) in [5, 5.41) is 3.65. The van der Waals surface area contributed by atoms with E-state index in [2.05, 4.69) is 5.10 Å². The maximum atomic E-state index is 12.4. The fraction of sp³-hybridized carbons (Fsp3) is 0.214. The number of rotatable bonds is 5. The standard InChI is InChI=1S/C14H12Cl2N2O4/c1-21-8-3-4-12(22-2)9(5-8)11(19)7-18-14(20)13(16)10(15)6-17-18/h3-6H,7H2,1-2H3. The normalized spacial score (nSPS) is 10.4. The monoisotopic (exact) mass is 342 g/mol. The third-order valence-corrected chi connectivity index (χ3v) is 3.69. The largest absolute Gasteiger partial charge is 0.497 e. The van der Waals surface area contributed by atoms with Crippen LogP contribution >= 0.6 is 23.2 Å². The smallest absolute Gasteiger partial charge is 0.287 e. The van der Waals surface area contributed by atoms with E-state index in [1.807, 2.05) is 0 Å². The van der Waals surface area contributed by atoms with Crippen molar-refractivity contribution in [1.82, 2.24) is 9.78 Å². The summed E-state index contributed by atoms with van der Waals surface area (Å²) in [5.41, 5.74) is -0.356. The second-order valence-corrected chi connectivity index (χ2v) is 5.04. The number of halogens is 2. The quantitative estimate of drug-likeness (QED) is 0.780. The van der Waals surface area contributed by atoms with E-state index in [9.17, 15) is 9.59 Å². The van der Waals surface area contributed by atoms with Crippen molar-refractivity contribution in [3.8, 4) is 11.5 Å². The predicted molar refractivity (Wildman–Crippen MR) is 82.4 cm³/mol. The fourth-order valence-electron chi connectivity index (χ4n) is 1.81. The number of Topliss-reactive ketones (excluding diaryl/α,β-unsaturated/α-hetero) is 1. The Morgan fingerprint density at radius 3 is 2.64 bits per heavy atom. The average molecular weight is 343 g/mol. The highest BCUT2D eigenvalue weighted by molar-refractivity contribution is 6.41. The molecule has 0 N–H and O–H groups in total. The van der Waals surface area contributed by atoms with Crippen LogP contribution in [0.4, 0.5) is 0 Å². The highest BCUT2D eigenvalue weighted by Gasteiger charge is 2.17. The maximum absolute atomic E-state index is 12.4. The number of carbonyl (C=O) groups is 1. The van der Waals surface area contributed by atoms with Crippen molar-refractivity contribution >= 4 is 29.0 Å². The predicted octanol–water partition coefficient (Wildman–Crippen LogP) is 2.45. The lowest BCUT2D eigenvalue weighted by Gasteiger charge is -2.10. The summed E-state index contributed by atoms with van der Waals surface area (Å²) in [6, 6.07) is 4.81. The zero-order valence-corrected chi connectivity index (χ0v) is 13.3. The van der Waals surface area contributed by atoms with E-state index in [1.54, 1.807) is 12.1 Å². The Morgan fingerprint density at radius 2 is 2.00 bits per heavy atom. The van der Waals surface area contributed by atoms with Gasteiger partial charge < -0.3 is 9.47 Å². The number of ketones is 1. The molecule has 0 unspecified atom stereocenters. The minimum Gasteiger partial charge on any atom is -0.497 e. The van der Waals surface area contributed by atoms with Crippen LogP contribution in [0.2, 0.25) is 10.0 Å². The summed E-state index contributed by atoms with van der Waals surface area (Å²) in [6.45, 7) is -0.292. The summed E-state index contributed by atoms with van der Waals surface area (Å²) >= 11 is 11.5. The molecule has 0 amide bonds. The van der Waals surface area contributed by atoms with Gasteiger partial charge in [-0.15, -0.1) is 0 Å². The van der Waals surface area contributed by atoms with Crippen molar-refractivity contribution in [2.45, 2.75) is 6.54 Å². The summed E-state index contributed by atoms with van der Waals surface area (Å²) in [4.78, 5) is 24.3. The molecule has 6 nitrogen and oxygen atoms in total. The van der Waals surface area contributed by atoms with Gasteiger partial charge in [-0.2, -0.15) is 5.10 Å². The van der Waals surface area contributed by atoms with Gasteiger partial charge in [0.1, 0.15) is 23.1 Å². The molecule has 8 heteroatoms. The number of methoxy groups -OCH3 is 2. The van der Waals surface area contributed by atoms with Gasteiger partial charge in [-0.05, 0) is 18.2 Å². The Hall–Kier alpha value is -2.05. The molecule has 0 aliphatic heterocycles. The average Bonchev–Trinajstić information content (AvgIpc) is 2.54. The Balaban J connectivity index is 2.37. The molecule has 0 aliphatic carbocycles. The van der Waals surface area contributed by atoms with Crippen LogP contribution in [0, 0.1) is 0 Å². The first-order chi connectivity index (χ1) is 10.5. The molecule has 1 aromatic carbocycles. The van der Waals surface area contributed by atoms with Gasteiger partial charge in [-0.25, -0.2) is 4.68 Å². The molecule has 0 aliphatic rings. The van der Waals surface area contributed by atoms with Gasteiger partial charge >= 0.3 is 0 Å². The number of hydrogen-bond donors (Lipinski definition) is 0. The third-order valence-electron chi connectivity index (χ3n) is 2.94. The maximum Gasteiger partial charge on any atom is 0.287 e. The SMILES string of the molecule is COc1ccc(OC)c(C(=O)Cn2ncc(Cl)c(Cl)c2=O)c1. The molecular weight excluding hydrogens is 331 g/mol. The number of nitrogens with zero attached hydrogens (tertiary/aromatic N) is 2. The first kappa shape index (κ1) is 16.3. The van der Waals surface area contributed by atoms with Crippen molar-refractivity contribution in [3.05, 3.63) is 50.4 Å². The highest BCUT2D eigenvalue weighted by atomic mass is 35.5. The topological polar surface area (TPSA) is 70.4 Å². The highest BCUT2D eigenvalue weighted by Crippen LogP contribution is 2.24. The molecule has 0 atom stereocenters. The van der Waals surface area contributed by atoms with Crippen LogP contribution in [0.3, 0.4) is 0 Å². The summed E-state index contributed by atoms with van der Waals surface area (Å²) in [6.07, 6.45) is 1.21. The van der Waals surface area contributed by atoms with E-state index in [4.69, 9.17) is 32.7 Å². The molecule has 22 heavy (non-hydrogen) atoms. The Bertz CT molecular complexity index is 774. The lowest BCUT2D eigenvalue weighted by atomic mass is 10.1. The van der Waals surface area contributed by atoms with Gasteiger partial charge in [0.2, 0.25) is 0 Å². The molecule has 0 bridgehead atoms. The van der Waals surface area contributed by atoms with Gasteiger partial charge in [-0.3, -0.25) is 9.59 Å². The second-order valence-electron chi connectivity index (χ2n) is 4.26. The lowest BCUT2D eigenvalue weighted by molar-refractivity contribution is 0.0962. The van der Waals surface area contributed by atoms with Crippen molar-refractivity contribution in [1.29, 1.82) is 0 Å². The zero-order chi connectivity index (χ0) is 16.3. The van der Waals surface area contributed by atoms with Crippen LogP contribution < -0.4 is 15.0 Å². The van der Waals surface area contributed by atoms with Crippen LogP contribution in [0.15, 0.2) is 29.2 Å². The van der Waals surface area contributed by atoms with E-state index >= 15 is 0 Å². The fourth-order valence-corrected chi connectivity index (χ4v) is 2.08. The summed E-state index contributed by atoms with van der Waals surface area (Å²) in [5.74, 6) is 0.501. The number of hydrogen-bond acceptors (Lipinski definition) is 5. The van der Waals surface area contributed by atoms with Gasteiger partial charge in [0, 0.05) is 0 Å². The second kappa shape index (κ2) is 6.81. The summed E-state index contributed by atoms with van der Waals surface area (Å²) < 4.78 is 11.2. The molecule has 0 saturated heterocycles.